The van der Waals surface area contributed by atoms with Gasteiger partial charge in [-0.15, -0.1) is 0 Å². The summed E-state index contributed by atoms with van der Waals surface area (Å²) in [5.74, 6) is -0.187. The van der Waals surface area contributed by atoms with Crippen molar-refractivity contribution in [2.45, 2.75) is 38.3 Å². The molecule has 1 aromatic carbocycles. The first-order chi connectivity index (χ1) is 10.6. The third-order valence-electron chi connectivity index (χ3n) is 4.07. The smallest absolute Gasteiger partial charge is 0.335 e. The molecule has 0 aromatic heterocycles. The van der Waals surface area contributed by atoms with Gasteiger partial charge in [0.25, 0.3) is 0 Å². The molecule has 5 nitrogen and oxygen atoms in total. The molecular formula is C17H25NO4. The van der Waals surface area contributed by atoms with Gasteiger partial charge in [0, 0.05) is 25.3 Å². The lowest BCUT2D eigenvalue weighted by atomic mass is 10.1. The summed E-state index contributed by atoms with van der Waals surface area (Å²) in [6.07, 6.45) is 4.95. The van der Waals surface area contributed by atoms with Crippen molar-refractivity contribution in [1.29, 1.82) is 0 Å². The van der Waals surface area contributed by atoms with Crippen molar-refractivity contribution >= 4 is 5.97 Å². The van der Waals surface area contributed by atoms with Gasteiger partial charge in [-0.25, -0.2) is 4.79 Å². The average molecular weight is 307 g/mol. The van der Waals surface area contributed by atoms with Crippen LogP contribution in [0, 0.1) is 0 Å². The molecule has 1 unspecified atom stereocenters. The quantitative estimate of drug-likeness (QED) is 0.839. The van der Waals surface area contributed by atoms with E-state index in [0.29, 0.717) is 18.2 Å². The van der Waals surface area contributed by atoms with E-state index in [1.807, 2.05) is 7.05 Å². The molecule has 0 radical (unpaired) electrons. The summed E-state index contributed by atoms with van der Waals surface area (Å²) in [7, 11) is 3.64. The van der Waals surface area contributed by atoms with Crippen LogP contribution in [-0.4, -0.2) is 49.4 Å². The van der Waals surface area contributed by atoms with Crippen molar-refractivity contribution in [3.05, 3.63) is 29.3 Å². The van der Waals surface area contributed by atoms with Crippen molar-refractivity contribution in [3.63, 3.8) is 0 Å². The maximum absolute atomic E-state index is 11.1. The molecule has 1 fully saturated rings. The predicted molar refractivity (Wildman–Crippen MR) is 84.5 cm³/mol. The Labute approximate surface area is 131 Å². The minimum Gasteiger partial charge on any atom is -0.496 e. The predicted octanol–water partition coefficient (Wildman–Crippen LogP) is 2.78. The standard InChI is InChI=1S/C17H25NO4/c1-18(9-8-15-5-3-4-10-22-15)12-14-11-13(17(19)20)6-7-16(14)21-2/h6-7,11,15H,3-5,8-10,12H2,1-2H3,(H,19,20). The van der Waals surface area contributed by atoms with Crippen LogP contribution in [0.4, 0.5) is 0 Å². The number of rotatable bonds is 7. The highest BCUT2D eigenvalue weighted by molar-refractivity contribution is 5.88. The number of carbonyl (C=O) groups is 1. The number of carboxylic acids is 1. The first-order valence-corrected chi connectivity index (χ1v) is 7.80. The van der Waals surface area contributed by atoms with E-state index in [-0.39, 0.29) is 0 Å². The molecule has 0 aliphatic carbocycles. The molecule has 1 atom stereocenters. The fourth-order valence-electron chi connectivity index (χ4n) is 2.80. The summed E-state index contributed by atoms with van der Waals surface area (Å²) in [6, 6.07) is 4.98. The van der Waals surface area contributed by atoms with Crippen LogP contribution in [0.15, 0.2) is 18.2 Å². The van der Waals surface area contributed by atoms with E-state index in [9.17, 15) is 4.79 Å². The highest BCUT2D eigenvalue weighted by atomic mass is 16.5. The number of ether oxygens (including phenoxy) is 2. The fourth-order valence-corrected chi connectivity index (χ4v) is 2.80. The van der Waals surface area contributed by atoms with Gasteiger partial charge in [0.1, 0.15) is 5.75 Å². The van der Waals surface area contributed by atoms with Crippen molar-refractivity contribution < 1.29 is 19.4 Å². The van der Waals surface area contributed by atoms with Gasteiger partial charge in [-0.05, 0) is 50.9 Å². The molecule has 0 amide bonds. The highest BCUT2D eigenvalue weighted by Gasteiger charge is 2.15. The fraction of sp³-hybridized carbons (Fsp3) is 0.588. The molecule has 0 bridgehead atoms. The maximum Gasteiger partial charge on any atom is 0.335 e. The minimum atomic E-state index is -0.915. The zero-order chi connectivity index (χ0) is 15.9. The van der Waals surface area contributed by atoms with Crippen molar-refractivity contribution in [1.82, 2.24) is 4.90 Å². The maximum atomic E-state index is 11.1. The Balaban J connectivity index is 1.93. The highest BCUT2D eigenvalue weighted by Crippen LogP contribution is 2.22. The third kappa shape index (κ3) is 4.71. The second kappa shape index (κ2) is 8.15. The van der Waals surface area contributed by atoms with Crippen LogP contribution < -0.4 is 4.74 Å². The Morgan fingerprint density at radius 1 is 1.45 bits per heavy atom. The number of hydrogen-bond acceptors (Lipinski definition) is 4. The monoisotopic (exact) mass is 307 g/mol. The van der Waals surface area contributed by atoms with Gasteiger partial charge < -0.3 is 19.5 Å². The zero-order valence-corrected chi connectivity index (χ0v) is 13.4. The lowest BCUT2D eigenvalue weighted by Gasteiger charge is -2.25. The Morgan fingerprint density at radius 2 is 2.27 bits per heavy atom. The van der Waals surface area contributed by atoms with Gasteiger partial charge in [-0.1, -0.05) is 0 Å². The molecule has 1 aliphatic heterocycles. The van der Waals surface area contributed by atoms with E-state index in [1.165, 1.54) is 12.8 Å². The van der Waals surface area contributed by atoms with E-state index < -0.39 is 5.97 Å². The van der Waals surface area contributed by atoms with Crippen LogP contribution in [0.25, 0.3) is 0 Å². The molecule has 1 saturated heterocycles. The van der Waals surface area contributed by atoms with Crippen molar-refractivity contribution in [2.24, 2.45) is 0 Å². The van der Waals surface area contributed by atoms with Crippen LogP contribution in [0.2, 0.25) is 0 Å². The molecule has 2 rings (SSSR count). The van der Waals surface area contributed by atoms with Gasteiger partial charge in [0.2, 0.25) is 0 Å². The van der Waals surface area contributed by atoms with Crippen molar-refractivity contribution in [3.8, 4) is 5.75 Å². The van der Waals surface area contributed by atoms with Gasteiger partial charge in [-0.3, -0.25) is 0 Å². The van der Waals surface area contributed by atoms with Gasteiger partial charge in [-0.2, -0.15) is 0 Å². The number of hydrogen-bond donors (Lipinski definition) is 1. The summed E-state index contributed by atoms with van der Waals surface area (Å²) >= 11 is 0. The largest absolute Gasteiger partial charge is 0.496 e. The molecule has 1 aliphatic rings. The average Bonchev–Trinajstić information content (AvgIpc) is 2.53. The summed E-state index contributed by atoms with van der Waals surface area (Å²) < 4.78 is 11.1. The van der Waals surface area contributed by atoms with Crippen LogP contribution >= 0.6 is 0 Å². The first kappa shape index (κ1) is 16.8. The van der Waals surface area contributed by atoms with E-state index in [1.54, 1.807) is 25.3 Å². The lowest BCUT2D eigenvalue weighted by molar-refractivity contribution is 0.00639. The van der Waals surface area contributed by atoms with E-state index >= 15 is 0 Å². The molecule has 1 aromatic rings. The van der Waals surface area contributed by atoms with Gasteiger partial charge in [0.05, 0.1) is 18.8 Å². The normalized spacial score (nSPS) is 18.4. The number of nitrogens with zero attached hydrogens (tertiary/aromatic N) is 1. The van der Waals surface area contributed by atoms with Crippen LogP contribution in [0.1, 0.15) is 41.6 Å². The van der Waals surface area contributed by atoms with Gasteiger partial charge >= 0.3 is 5.97 Å². The van der Waals surface area contributed by atoms with E-state index in [0.717, 1.165) is 37.3 Å². The number of methoxy groups -OCH3 is 1. The molecule has 5 heteroatoms. The minimum absolute atomic E-state index is 0.291. The summed E-state index contributed by atoms with van der Waals surface area (Å²) in [5.41, 5.74) is 1.19. The SMILES string of the molecule is COc1ccc(C(=O)O)cc1CN(C)CCC1CCCCO1. The second-order valence-corrected chi connectivity index (χ2v) is 5.85. The van der Waals surface area contributed by atoms with Crippen LogP contribution in [-0.2, 0) is 11.3 Å². The van der Waals surface area contributed by atoms with Gasteiger partial charge in [0.15, 0.2) is 0 Å². The van der Waals surface area contributed by atoms with E-state index in [4.69, 9.17) is 14.6 Å². The Bertz CT molecular complexity index is 497. The summed E-state index contributed by atoms with van der Waals surface area (Å²) in [6.45, 7) is 2.46. The lowest BCUT2D eigenvalue weighted by Crippen LogP contribution is -2.27. The van der Waals surface area contributed by atoms with E-state index in [2.05, 4.69) is 4.90 Å². The number of aromatic carboxylic acids is 1. The Kier molecular flexibility index (Phi) is 6.21. The molecular weight excluding hydrogens is 282 g/mol. The molecule has 122 valence electrons. The topological polar surface area (TPSA) is 59.0 Å². The molecule has 0 spiro atoms. The van der Waals surface area contributed by atoms with Crippen LogP contribution in [0.3, 0.4) is 0 Å². The molecule has 1 heterocycles. The second-order valence-electron chi connectivity index (χ2n) is 5.85. The zero-order valence-electron chi connectivity index (χ0n) is 13.4. The Hall–Kier alpha value is -1.59. The van der Waals surface area contributed by atoms with Crippen molar-refractivity contribution in [2.75, 3.05) is 27.3 Å². The molecule has 1 N–H and O–H groups in total. The molecule has 0 saturated carbocycles. The summed E-state index contributed by atoms with van der Waals surface area (Å²) in [4.78, 5) is 13.3. The number of carboxylic acid groups (broad SMARTS) is 1. The first-order valence-electron chi connectivity index (χ1n) is 7.80. The summed E-state index contributed by atoms with van der Waals surface area (Å²) in [5, 5.41) is 9.11. The van der Waals surface area contributed by atoms with Crippen LogP contribution in [0.5, 0.6) is 5.75 Å². The third-order valence-corrected chi connectivity index (χ3v) is 4.07. The molecule has 22 heavy (non-hydrogen) atoms. The Morgan fingerprint density at radius 3 is 2.91 bits per heavy atom. The number of benzene rings is 1.